The lowest BCUT2D eigenvalue weighted by atomic mass is 9.92. The highest BCUT2D eigenvalue weighted by Gasteiger charge is 2.23. The van der Waals surface area contributed by atoms with Gasteiger partial charge in [0.05, 0.1) is 11.4 Å². The number of aromatic nitrogens is 1. The van der Waals surface area contributed by atoms with Gasteiger partial charge >= 0.3 is 6.03 Å². The third-order valence-corrected chi connectivity index (χ3v) is 5.35. The fourth-order valence-electron chi connectivity index (χ4n) is 3.82. The lowest BCUT2D eigenvalue weighted by Crippen LogP contribution is -2.48. The summed E-state index contributed by atoms with van der Waals surface area (Å²) in [6.07, 6.45) is 0.859. The van der Waals surface area contributed by atoms with Gasteiger partial charge in [-0.15, -0.1) is 0 Å². The maximum Gasteiger partial charge on any atom is 0.322 e. The molecule has 0 bridgehead atoms. The number of piperazine rings is 1. The number of rotatable bonds is 5. The van der Waals surface area contributed by atoms with E-state index in [2.05, 4.69) is 55.7 Å². The van der Waals surface area contributed by atoms with Crippen LogP contribution in [0.5, 0.6) is 0 Å². The monoisotopic (exact) mass is 395 g/mol. The fraction of sp³-hybridized carbons (Fsp3) is 0.478. The Bertz CT molecular complexity index is 855. The van der Waals surface area contributed by atoms with E-state index in [0.717, 1.165) is 53.3 Å². The van der Waals surface area contributed by atoms with E-state index in [1.165, 1.54) is 5.56 Å². The smallest absolute Gasteiger partial charge is 0.322 e. The van der Waals surface area contributed by atoms with Gasteiger partial charge in [-0.3, -0.25) is 4.98 Å². The molecule has 0 saturated carbocycles. The average molecular weight is 396 g/mol. The van der Waals surface area contributed by atoms with Gasteiger partial charge in [-0.1, -0.05) is 43.7 Å². The van der Waals surface area contributed by atoms with Crippen LogP contribution in [0.4, 0.5) is 10.5 Å². The average Bonchev–Trinajstić information content (AvgIpc) is 2.70. The Hall–Kier alpha value is -2.44. The molecular weight excluding hydrogens is 362 g/mol. The zero-order valence-electron chi connectivity index (χ0n) is 18.0. The number of carbonyl (C=O) groups is 1. The number of benzene rings is 1. The summed E-state index contributed by atoms with van der Waals surface area (Å²) in [4.78, 5) is 19.7. The third-order valence-electron chi connectivity index (χ3n) is 5.35. The molecule has 0 spiro atoms. The van der Waals surface area contributed by atoms with Crippen molar-refractivity contribution in [2.24, 2.45) is 11.7 Å². The molecule has 3 rings (SSSR count). The van der Waals surface area contributed by atoms with Crippen molar-refractivity contribution in [1.29, 1.82) is 0 Å². The number of anilines is 1. The molecule has 1 aromatic carbocycles. The van der Waals surface area contributed by atoms with Crippen molar-refractivity contribution >= 4 is 11.7 Å². The highest BCUT2D eigenvalue weighted by molar-refractivity contribution is 5.96. The van der Waals surface area contributed by atoms with Gasteiger partial charge in [0.2, 0.25) is 0 Å². The molecule has 2 amide bonds. The number of hydrogen-bond donors (Lipinski definition) is 3. The Morgan fingerprint density at radius 1 is 1.21 bits per heavy atom. The predicted molar refractivity (Wildman–Crippen MR) is 119 cm³/mol. The lowest BCUT2D eigenvalue weighted by Gasteiger charge is -2.29. The molecule has 6 heteroatoms. The molecule has 1 fully saturated rings. The first-order chi connectivity index (χ1) is 13.9. The first-order valence-corrected chi connectivity index (χ1v) is 10.5. The fourth-order valence-corrected chi connectivity index (χ4v) is 3.82. The quantitative estimate of drug-likeness (QED) is 0.724. The van der Waals surface area contributed by atoms with Crippen molar-refractivity contribution in [2.75, 3.05) is 31.5 Å². The number of urea groups is 1. The molecular formula is C23H33N5O. The molecule has 0 radical (unpaired) electrons. The maximum atomic E-state index is 12.9. The minimum atomic E-state index is -0.0793. The van der Waals surface area contributed by atoms with Crippen LogP contribution in [0.3, 0.4) is 0 Å². The molecule has 156 valence electrons. The topological polar surface area (TPSA) is 83.3 Å². The molecule has 2 heterocycles. The molecule has 1 aliphatic heterocycles. The zero-order valence-corrected chi connectivity index (χ0v) is 18.0. The normalized spacial score (nSPS) is 14.3. The van der Waals surface area contributed by atoms with Crippen LogP contribution in [0.25, 0.3) is 11.1 Å². The van der Waals surface area contributed by atoms with Gasteiger partial charge in [0.1, 0.15) is 0 Å². The highest BCUT2D eigenvalue weighted by atomic mass is 16.2. The number of amides is 2. The van der Waals surface area contributed by atoms with Crippen molar-refractivity contribution in [3.63, 3.8) is 0 Å². The number of aryl methyl sites for hydroxylation is 2. The minimum absolute atomic E-state index is 0.0793. The van der Waals surface area contributed by atoms with Crippen LogP contribution in [0.1, 0.15) is 36.4 Å². The summed E-state index contributed by atoms with van der Waals surface area (Å²) in [5, 5.41) is 6.44. The molecule has 0 aliphatic carbocycles. The van der Waals surface area contributed by atoms with Crippen molar-refractivity contribution in [1.82, 2.24) is 15.2 Å². The third kappa shape index (κ3) is 4.95. The standard InChI is InChI=1S/C23H33N5O/c1-15(2)13-20-19(14-24)21(18-7-5-16(3)6-8-18)22(17(4)26-20)27-23(29)28-11-9-25-10-12-28/h5-8,15,25H,9-14,24H2,1-4H3,(H,27,29). The summed E-state index contributed by atoms with van der Waals surface area (Å²) >= 11 is 0. The van der Waals surface area contributed by atoms with Gasteiger partial charge in [-0.25, -0.2) is 4.79 Å². The second-order valence-corrected chi connectivity index (χ2v) is 8.21. The van der Waals surface area contributed by atoms with Crippen molar-refractivity contribution in [2.45, 2.75) is 40.7 Å². The first kappa shape index (κ1) is 21.3. The van der Waals surface area contributed by atoms with Crippen LogP contribution >= 0.6 is 0 Å². The molecule has 1 saturated heterocycles. The predicted octanol–water partition coefficient (Wildman–Crippen LogP) is 3.46. The molecule has 0 atom stereocenters. The van der Waals surface area contributed by atoms with Crippen LogP contribution in [0.2, 0.25) is 0 Å². The van der Waals surface area contributed by atoms with Crippen molar-refractivity contribution in [3.8, 4) is 11.1 Å². The Labute approximate surface area is 173 Å². The molecule has 6 nitrogen and oxygen atoms in total. The van der Waals surface area contributed by atoms with E-state index in [4.69, 9.17) is 10.7 Å². The van der Waals surface area contributed by atoms with E-state index in [1.54, 1.807) is 0 Å². The Kier molecular flexibility index (Phi) is 6.87. The van der Waals surface area contributed by atoms with Gasteiger partial charge in [-0.2, -0.15) is 0 Å². The van der Waals surface area contributed by atoms with Crippen LogP contribution in [0.15, 0.2) is 24.3 Å². The summed E-state index contributed by atoms with van der Waals surface area (Å²) < 4.78 is 0. The highest BCUT2D eigenvalue weighted by Crippen LogP contribution is 2.36. The largest absolute Gasteiger partial charge is 0.326 e. The summed E-state index contributed by atoms with van der Waals surface area (Å²) in [6.45, 7) is 11.8. The molecule has 1 aliphatic rings. The zero-order chi connectivity index (χ0) is 21.0. The van der Waals surface area contributed by atoms with Gasteiger partial charge in [-0.05, 0) is 37.3 Å². The van der Waals surface area contributed by atoms with E-state index in [9.17, 15) is 4.79 Å². The Balaban J connectivity index is 2.10. The van der Waals surface area contributed by atoms with Crippen molar-refractivity contribution < 1.29 is 4.79 Å². The van der Waals surface area contributed by atoms with E-state index in [1.807, 2.05) is 11.8 Å². The second kappa shape index (κ2) is 9.37. The summed E-state index contributed by atoms with van der Waals surface area (Å²) in [6, 6.07) is 8.31. The van der Waals surface area contributed by atoms with Gasteiger partial charge < -0.3 is 21.3 Å². The second-order valence-electron chi connectivity index (χ2n) is 8.21. The maximum absolute atomic E-state index is 12.9. The number of nitrogens with zero attached hydrogens (tertiary/aromatic N) is 2. The number of nitrogens with two attached hydrogens (primary N) is 1. The molecule has 0 unspecified atom stereocenters. The van der Waals surface area contributed by atoms with E-state index in [0.29, 0.717) is 25.6 Å². The van der Waals surface area contributed by atoms with E-state index >= 15 is 0 Å². The minimum Gasteiger partial charge on any atom is -0.326 e. The SMILES string of the molecule is Cc1ccc(-c2c(CN)c(CC(C)C)nc(C)c2NC(=O)N2CCNCC2)cc1. The summed E-state index contributed by atoms with van der Waals surface area (Å²) in [5.74, 6) is 0.472. The number of carbonyl (C=O) groups excluding carboxylic acids is 1. The Morgan fingerprint density at radius 3 is 2.45 bits per heavy atom. The lowest BCUT2D eigenvalue weighted by molar-refractivity contribution is 0.204. The van der Waals surface area contributed by atoms with Gasteiger partial charge in [0.25, 0.3) is 0 Å². The van der Waals surface area contributed by atoms with Crippen LogP contribution in [-0.4, -0.2) is 42.1 Å². The molecule has 1 aromatic heterocycles. The first-order valence-electron chi connectivity index (χ1n) is 10.5. The van der Waals surface area contributed by atoms with Crippen molar-refractivity contribution in [3.05, 3.63) is 46.8 Å². The van der Waals surface area contributed by atoms with E-state index in [-0.39, 0.29) is 6.03 Å². The Morgan fingerprint density at radius 2 is 1.86 bits per heavy atom. The van der Waals surface area contributed by atoms with Gasteiger partial charge in [0.15, 0.2) is 0 Å². The number of pyridine rings is 1. The molecule has 2 aromatic rings. The number of nitrogens with one attached hydrogen (secondary N) is 2. The molecule has 4 N–H and O–H groups in total. The van der Waals surface area contributed by atoms with Gasteiger partial charge in [0, 0.05) is 44.0 Å². The summed E-state index contributed by atoms with van der Waals surface area (Å²) in [7, 11) is 0. The number of hydrogen-bond acceptors (Lipinski definition) is 4. The van der Waals surface area contributed by atoms with Crippen LogP contribution < -0.4 is 16.4 Å². The molecule has 29 heavy (non-hydrogen) atoms. The summed E-state index contributed by atoms with van der Waals surface area (Å²) in [5.41, 5.74) is 13.1. The van der Waals surface area contributed by atoms with Crippen LogP contribution in [0, 0.1) is 19.8 Å². The van der Waals surface area contributed by atoms with E-state index < -0.39 is 0 Å². The van der Waals surface area contributed by atoms with Crippen LogP contribution in [-0.2, 0) is 13.0 Å².